The Kier molecular flexibility index (Phi) is 5.10. The minimum atomic E-state index is 0.164. The molecular formula is C10H9Br4N3O. The van der Waals surface area contributed by atoms with Gasteiger partial charge in [-0.15, -0.1) is 0 Å². The number of aliphatic hydroxyl groups excluding tert-OH is 1. The number of hydrogen-bond donors (Lipinski definition) is 3. The lowest BCUT2D eigenvalue weighted by Crippen LogP contribution is -2.04. The lowest BCUT2D eigenvalue weighted by atomic mass is 10.3. The molecule has 3 N–H and O–H groups in total. The molecule has 1 aromatic heterocycles. The van der Waals surface area contributed by atoms with Crippen LogP contribution in [0.3, 0.4) is 0 Å². The zero-order chi connectivity index (χ0) is 13.3. The number of H-pyrrole nitrogens is 1. The number of halogens is 4. The predicted octanol–water partition coefficient (Wildman–Crippen LogP) is 4.41. The zero-order valence-corrected chi connectivity index (χ0v) is 15.4. The van der Waals surface area contributed by atoms with Crippen molar-refractivity contribution in [3.8, 4) is 0 Å². The SMILES string of the molecule is OCCCNc1nc2c(Br)c(Br)c(Br)c(Br)c2[nH]1. The maximum Gasteiger partial charge on any atom is 0.201 e. The molecule has 8 heteroatoms. The molecule has 0 atom stereocenters. The maximum atomic E-state index is 8.75. The molecule has 0 amide bonds. The molecule has 0 aliphatic rings. The number of hydrogen-bond acceptors (Lipinski definition) is 3. The second-order valence-electron chi connectivity index (χ2n) is 3.57. The van der Waals surface area contributed by atoms with Crippen LogP contribution in [0.25, 0.3) is 11.0 Å². The van der Waals surface area contributed by atoms with Crippen LogP contribution in [-0.2, 0) is 0 Å². The van der Waals surface area contributed by atoms with E-state index in [-0.39, 0.29) is 6.61 Å². The van der Waals surface area contributed by atoms with Gasteiger partial charge in [0.05, 0.1) is 14.5 Å². The molecule has 4 nitrogen and oxygen atoms in total. The standard InChI is InChI=1S/C10H9Br4N3O/c11-4-5(12)7(14)9-8(6(4)13)16-10(17-9)15-2-1-3-18/h18H,1-3H2,(H2,15,16,17). The molecule has 1 heterocycles. The van der Waals surface area contributed by atoms with Crippen LogP contribution in [0.5, 0.6) is 0 Å². The Morgan fingerprint density at radius 1 is 1.06 bits per heavy atom. The predicted molar refractivity (Wildman–Crippen MR) is 87.1 cm³/mol. The Labute approximate surface area is 137 Å². The summed E-state index contributed by atoms with van der Waals surface area (Å²) in [6.07, 6.45) is 0.687. The molecule has 1 aromatic carbocycles. The van der Waals surface area contributed by atoms with E-state index in [1.807, 2.05) is 0 Å². The van der Waals surface area contributed by atoms with Crippen LogP contribution in [0.2, 0.25) is 0 Å². The Morgan fingerprint density at radius 2 is 1.72 bits per heavy atom. The highest BCUT2D eigenvalue weighted by atomic mass is 79.9. The van der Waals surface area contributed by atoms with E-state index in [1.165, 1.54) is 0 Å². The second-order valence-corrected chi connectivity index (χ2v) is 6.74. The average Bonchev–Trinajstić information content (AvgIpc) is 2.78. The quantitative estimate of drug-likeness (QED) is 0.327. The molecule has 2 rings (SSSR count). The van der Waals surface area contributed by atoms with E-state index in [0.29, 0.717) is 18.9 Å². The average molecular weight is 507 g/mol. The highest BCUT2D eigenvalue weighted by Crippen LogP contribution is 2.42. The number of benzene rings is 1. The lowest BCUT2D eigenvalue weighted by Gasteiger charge is -2.03. The van der Waals surface area contributed by atoms with Gasteiger partial charge in [0.25, 0.3) is 0 Å². The van der Waals surface area contributed by atoms with E-state index in [2.05, 4.69) is 79.0 Å². The fourth-order valence-corrected chi connectivity index (χ4v) is 3.75. The number of imidazole rings is 1. The van der Waals surface area contributed by atoms with E-state index < -0.39 is 0 Å². The van der Waals surface area contributed by atoms with Gasteiger partial charge in [-0.3, -0.25) is 0 Å². The number of aromatic amines is 1. The highest BCUT2D eigenvalue weighted by Gasteiger charge is 2.16. The Morgan fingerprint density at radius 3 is 2.39 bits per heavy atom. The molecule has 0 aliphatic carbocycles. The van der Waals surface area contributed by atoms with Gasteiger partial charge in [0.1, 0.15) is 5.52 Å². The summed E-state index contributed by atoms with van der Waals surface area (Å²) in [6.45, 7) is 0.839. The van der Waals surface area contributed by atoms with Gasteiger partial charge in [0.2, 0.25) is 5.95 Å². The summed E-state index contributed by atoms with van der Waals surface area (Å²) in [5.41, 5.74) is 1.74. The van der Waals surface area contributed by atoms with E-state index in [9.17, 15) is 0 Å². The van der Waals surface area contributed by atoms with Crippen molar-refractivity contribution < 1.29 is 5.11 Å². The summed E-state index contributed by atoms with van der Waals surface area (Å²) in [7, 11) is 0. The van der Waals surface area contributed by atoms with Crippen molar-refractivity contribution in [1.29, 1.82) is 0 Å². The molecule has 0 spiro atoms. The third-order valence-corrected chi connectivity index (χ3v) is 7.08. The fourth-order valence-electron chi connectivity index (χ4n) is 1.47. The number of nitrogens with one attached hydrogen (secondary N) is 2. The minimum absolute atomic E-state index is 0.164. The van der Waals surface area contributed by atoms with E-state index in [0.717, 1.165) is 28.9 Å². The molecule has 98 valence electrons. The molecule has 0 saturated carbocycles. The van der Waals surface area contributed by atoms with Crippen LogP contribution in [0.1, 0.15) is 6.42 Å². The number of aromatic nitrogens is 2. The third kappa shape index (κ3) is 2.77. The number of rotatable bonds is 4. The van der Waals surface area contributed by atoms with Crippen molar-refractivity contribution in [2.24, 2.45) is 0 Å². The minimum Gasteiger partial charge on any atom is -0.396 e. The van der Waals surface area contributed by atoms with Crippen LogP contribution in [0, 0.1) is 0 Å². The first kappa shape index (κ1) is 14.8. The van der Waals surface area contributed by atoms with Crippen LogP contribution in [0.4, 0.5) is 5.95 Å². The van der Waals surface area contributed by atoms with Crippen LogP contribution in [-0.4, -0.2) is 28.2 Å². The molecule has 0 bridgehead atoms. The van der Waals surface area contributed by atoms with Gasteiger partial charge in [0.15, 0.2) is 0 Å². The van der Waals surface area contributed by atoms with Crippen molar-refractivity contribution in [1.82, 2.24) is 9.97 Å². The largest absolute Gasteiger partial charge is 0.396 e. The Balaban J connectivity index is 2.44. The molecular weight excluding hydrogens is 498 g/mol. The van der Waals surface area contributed by atoms with Crippen LogP contribution >= 0.6 is 63.7 Å². The van der Waals surface area contributed by atoms with Gasteiger partial charge in [0, 0.05) is 22.1 Å². The molecule has 0 aliphatic heterocycles. The van der Waals surface area contributed by atoms with Gasteiger partial charge in [-0.05, 0) is 70.1 Å². The maximum absolute atomic E-state index is 8.75. The van der Waals surface area contributed by atoms with Crippen molar-refractivity contribution >= 4 is 80.7 Å². The zero-order valence-electron chi connectivity index (χ0n) is 9.03. The van der Waals surface area contributed by atoms with Gasteiger partial charge >= 0.3 is 0 Å². The van der Waals surface area contributed by atoms with E-state index in [1.54, 1.807) is 0 Å². The lowest BCUT2D eigenvalue weighted by molar-refractivity contribution is 0.292. The van der Waals surface area contributed by atoms with Crippen molar-refractivity contribution in [2.75, 3.05) is 18.5 Å². The topological polar surface area (TPSA) is 60.9 Å². The first-order valence-corrected chi connectivity index (χ1v) is 8.29. The number of aliphatic hydroxyl groups is 1. The van der Waals surface area contributed by atoms with Crippen LogP contribution < -0.4 is 5.32 Å². The van der Waals surface area contributed by atoms with Gasteiger partial charge < -0.3 is 15.4 Å². The number of fused-ring (bicyclic) bond motifs is 1. The smallest absolute Gasteiger partial charge is 0.201 e. The molecule has 0 fully saturated rings. The third-order valence-electron chi connectivity index (χ3n) is 2.34. The molecule has 0 saturated heterocycles. The fraction of sp³-hybridized carbons (Fsp3) is 0.300. The molecule has 0 unspecified atom stereocenters. The summed E-state index contributed by atoms with van der Waals surface area (Å²) in [5.74, 6) is 0.685. The van der Waals surface area contributed by atoms with Gasteiger partial charge in [-0.1, -0.05) is 0 Å². The Hall–Kier alpha value is 0.370. The number of anilines is 1. The summed E-state index contributed by atoms with van der Waals surface area (Å²) in [6, 6.07) is 0. The van der Waals surface area contributed by atoms with Crippen molar-refractivity contribution in [3.05, 3.63) is 17.9 Å². The van der Waals surface area contributed by atoms with Gasteiger partial charge in [-0.2, -0.15) is 0 Å². The highest BCUT2D eigenvalue weighted by molar-refractivity contribution is 9.15. The van der Waals surface area contributed by atoms with Crippen molar-refractivity contribution in [3.63, 3.8) is 0 Å². The first-order valence-electron chi connectivity index (χ1n) is 5.12. The molecule has 2 aromatic rings. The summed E-state index contributed by atoms with van der Waals surface area (Å²) in [4.78, 5) is 7.67. The Bertz CT molecular complexity index is 539. The van der Waals surface area contributed by atoms with Crippen LogP contribution in [0.15, 0.2) is 17.9 Å². The van der Waals surface area contributed by atoms with Crippen molar-refractivity contribution in [2.45, 2.75) is 6.42 Å². The monoisotopic (exact) mass is 503 g/mol. The number of nitrogens with zero attached hydrogens (tertiary/aromatic N) is 1. The summed E-state index contributed by atoms with van der Waals surface area (Å²) in [5, 5.41) is 11.9. The molecule has 18 heavy (non-hydrogen) atoms. The summed E-state index contributed by atoms with van der Waals surface area (Å²) < 4.78 is 3.64. The summed E-state index contributed by atoms with van der Waals surface area (Å²) >= 11 is 14.0. The van der Waals surface area contributed by atoms with E-state index >= 15 is 0 Å². The van der Waals surface area contributed by atoms with E-state index in [4.69, 9.17) is 5.11 Å². The normalized spacial score (nSPS) is 11.2. The second kappa shape index (κ2) is 6.21. The first-order chi connectivity index (χ1) is 8.56. The van der Waals surface area contributed by atoms with Gasteiger partial charge in [-0.25, -0.2) is 4.98 Å². The molecule has 0 radical (unpaired) electrons.